The summed E-state index contributed by atoms with van der Waals surface area (Å²) < 4.78 is 0. The van der Waals surface area contributed by atoms with E-state index in [4.69, 9.17) is 0 Å². The van der Waals surface area contributed by atoms with Crippen molar-refractivity contribution in [2.24, 2.45) is 0 Å². The Hall–Kier alpha value is -2.14. The van der Waals surface area contributed by atoms with Crippen LogP contribution in [-0.2, 0) is 24.1 Å². The van der Waals surface area contributed by atoms with Crippen LogP contribution in [0.5, 0.6) is 0 Å². The summed E-state index contributed by atoms with van der Waals surface area (Å²) in [6, 6.07) is 10.1. The topological polar surface area (TPSA) is 49.4 Å². The van der Waals surface area contributed by atoms with E-state index in [0.717, 1.165) is 42.8 Å². The van der Waals surface area contributed by atoms with Gasteiger partial charge in [-0.3, -0.25) is 9.59 Å². The molecular formula is C21H24N2O2S. The number of anilines is 1. The van der Waals surface area contributed by atoms with E-state index in [9.17, 15) is 9.59 Å². The van der Waals surface area contributed by atoms with Crippen molar-refractivity contribution in [3.63, 3.8) is 0 Å². The van der Waals surface area contributed by atoms with Crippen molar-refractivity contribution in [2.45, 2.75) is 44.9 Å². The first-order valence-corrected chi connectivity index (χ1v) is 10.3. The van der Waals surface area contributed by atoms with Gasteiger partial charge in [-0.15, -0.1) is 11.3 Å². The van der Waals surface area contributed by atoms with E-state index < -0.39 is 0 Å². The predicted molar refractivity (Wildman–Crippen MR) is 105 cm³/mol. The number of para-hydroxylation sites is 1. The molecule has 26 heavy (non-hydrogen) atoms. The molecule has 2 amide bonds. The molecule has 2 aliphatic rings. The summed E-state index contributed by atoms with van der Waals surface area (Å²) in [5.41, 5.74) is 3.52. The number of thiophene rings is 1. The van der Waals surface area contributed by atoms with Gasteiger partial charge in [0.15, 0.2) is 0 Å². The largest absolute Gasteiger partial charge is 0.342 e. The average Bonchev–Trinajstić information content (AvgIpc) is 2.96. The number of rotatable bonds is 3. The maximum absolute atomic E-state index is 12.7. The molecule has 0 atom stereocenters. The lowest BCUT2D eigenvalue weighted by Crippen LogP contribution is -2.42. The molecule has 2 heterocycles. The van der Waals surface area contributed by atoms with E-state index >= 15 is 0 Å². The number of amides is 2. The fourth-order valence-corrected chi connectivity index (χ4v) is 5.08. The van der Waals surface area contributed by atoms with Crippen molar-refractivity contribution < 1.29 is 9.59 Å². The second-order valence-corrected chi connectivity index (χ2v) is 8.22. The molecule has 0 spiro atoms. The van der Waals surface area contributed by atoms with Crippen LogP contribution in [0.25, 0.3) is 0 Å². The van der Waals surface area contributed by atoms with E-state index in [1.54, 1.807) is 11.3 Å². The van der Waals surface area contributed by atoms with Crippen LogP contribution in [0.4, 0.5) is 5.69 Å². The predicted octanol–water partition coefficient (Wildman–Crippen LogP) is 3.73. The van der Waals surface area contributed by atoms with Gasteiger partial charge in [-0.05, 0) is 61.8 Å². The van der Waals surface area contributed by atoms with Gasteiger partial charge in [-0.2, -0.15) is 0 Å². The zero-order chi connectivity index (χ0) is 17.9. The molecule has 4 rings (SSSR count). The fraction of sp³-hybridized carbons (Fsp3) is 0.429. The number of nitrogens with zero attached hydrogens (tertiary/aromatic N) is 1. The summed E-state index contributed by atoms with van der Waals surface area (Å²) in [7, 11) is 0. The van der Waals surface area contributed by atoms with Crippen molar-refractivity contribution >= 4 is 28.8 Å². The standard InChI is InChI=1S/C21H24N2O2S/c24-20(23-12-6-9-15-7-4-5-10-17(15)23)14-22-21(25)19-13-16-8-2-1-3-11-18(16)26-19/h4-5,7,10,13H,1-3,6,8-9,11-12,14H2,(H,22,25). The molecule has 1 N–H and O–H groups in total. The molecule has 1 aromatic heterocycles. The molecule has 2 aromatic rings. The molecule has 1 aliphatic heterocycles. The Labute approximate surface area is 158 Å². The molecule has 0 unspecified atom stereocenters. The lowest BCUT2D eigenvalue weighted by atomic mass is 10.0. The minimum absolute atomic E-state index is 0.0383. The van der Waals surface area contributed by atoms with Crippen LogP contribution >= 0.6 is 11.3 Å². The summed E-state index contributed by atoms with van der Waals surface area (Å²) >= 11 is 1.60. The fourth-order valence-electron chi connectivity index (χ4n) is 3.91. The van der Waals surface area contributed by atoms with Crippen LogP contribution in [-0.4, -0.2) is 24.9 Å². The number of aryl methyl sites for hydroxylation is 3. The van der Waals surface area contributed by atoms with Crippen molar-refractivity contribution in [1.82, 2.24) is 5.32 Å². The summed E-state index contributed by atoms with van der Waals surface area (Å²) in [5.74, 6) is -0.162. The Morgan fingerprint density at radius 2 is 1.81 bits per heavy atom. The lowest BCUT2D eigenvalue weighted by Gasteiger charge is -2.29. The molecule has 5 heteroatoms. The molecule has 4 nitrogen and oxygen atoms in total. The molecule has 0 saturated carbocycles. The number of carbonyl (C=O) groups excluding carboxylic acids is 2. The van der Waals surface area contributed by atoms with Crippen LogP contribution < -0.4 is 10.2 Å². The first kappa shape index (κ1) is 17.3. The number of fused-ring (bicyclic) bond motifs is 2. The van der Waals surface area contributed by atoms with Gasteiger partial charge in [0.1, 0.15) is 0 Å². The molecule has 1 aliphatic carbocycles. The quantitative estimate of drug-likeness (QED) is 0.840. The van der Waals surface area contributed by atoms with Gasteiger partial charge in [-0.1, -0.05) is 24.6 Å². The molecule has 0 fully saturated rings. The smallest absolute Gasteiger partial charge is 0.261 e. The van der Waals surface area contributed by atoms with E-state index in [0.29, 0.717) is 0 Å². The van der Waals surface area contributed by atoms with E-state index in [2.05, 4.69) is 11.4 Å². The maximum Gasteiger partial charge on any atom is 0.261 e. The van der Waals surface area contributed by atoms with Gasteiger partial charge < -0.3 is 10.2 Å². The van der Waals surface area contributed by atoms with Gasteiger partial charge in [0.2, 0.25) is 5.91 Å². The number of nitrogens with one attached hydrogen (secondary N) is 1. The SMILES string of the molecule is O=C(NCC(=O)N1CCCc2ccccc21)c1cc2c(s1)CCCCC2. The van der Waals surface area contributed by atoms with E-state index in [1.807, 2.05) is 29.2 Å². The molecule has 0 bridgehead atoms. The minimum atomic E-state index is -0.123. The molecular weight excluding hydrogens is 344 g/mol. The normalized spacial score (nSPS) is 16.4. The summed E-state index contributed by atoms with van der Waals surface area (Å²) in [6.07, 6.45) is 7.81. The van der Waals surface area contributed by atoms with E-state index in [-0.39, 0.29) is 18.4 Å². The van der Waals surface area contributed by atoms with Gasteiger partial charge in [0, 0.05) is 17.1 Å². The Morgan fingerprint density at radius 1 is 1.00 bits per heavy atom. The highest BCUT2D eigenvalue weighted by atomic mass is 32.1. The monoisotopic (exact) mass is 368 g/mol. The number of benzene rings is 1. The Balaban J connectivity index is 1.40. The van der Waals surface area contributed by atoms with Crippen molar-refractivity contribution in [2.75, 3.05) is 18.0 Å². The molecule has 136 valence electrons. The van der Waals surface area contributed by atoms with Gasteiger partial charge >= 0.3 is 0 Å². The average molecular weight is 369 g/mol. The molecule has 1 aromatic carbocycles. The Morgan fingerprint density at radius 3 is 2.73 bits per heavy atom. The Bertz CT molecular complexity index is 804. The summed E-state index contributed by atoms with van der Waals surface area (Å²) in [4.78, 5) is 29.1. The van der Waals surface area contributed by atoms with E-state index in [1.165, 1.54) is 35.3 Å². The lowest BCUT2D eigenvalue weighted by molar-refractivity contribution is -0.117. The second-order valence-electron chi connectivity index (χ2n) is 7.08. The van der Waals surface area contributed by atoms with Crippen molar-refractivity contribution in [3.05, 3.63) is 51.2 Å². The number of carbonyl (C=O) groups is 2. The molecule has 0 radical (unpaired) electrons. The summed E-state index contributed by atoms with van der Waals surface area (Å²) in [5, 5.41) is 2.83. The van der Waals surface area contributed by atoms with Crippen molar-refractivity contribution in [1.29, 1.82) is 0 Å². The number of hydrogen-bond donors (Lipinski definition) is 1. The highest BCUT2D eigenvalue weighted by Crippen LogP contribution is 2.29. The summed E-state index contributed by atoms with van der Waals surface area (Å²) in [6.45, 7) is 0.773. The maximum atomic E-state index is 12.7. The highest BCUT2D eigenvalue weighted by molar-refractivity contribution is 7.14. The zero-order valence-corrected chi connectivity index (χ0v) is 15.7. The Kier molecular flexibility index (Phi) is 5.07. The first-order chi connectivity index (χ1) is 12.7. The van der Waals surface area contributed by atoms with Gasteiger partial charge in [-0.25, -0.2) is 0 Å². The van der Waals surface area contributed by atoms with Gasteiger partial charge in [0.25, 0.3) is 5.91 Å². The third-order valence-electron chi connectivity index (χ3n) is 5.28. The van der Waals surface area contributed by atoms with Crippen LogP contribution in [0.1, 0.15) is 51.4 Å². The minimum Gasteiger partial charge on any atom is -0.342 e. The first-order valence-electron chi connectivity index (χ1n) is 9.50. The van der Waals surface area contributed by atoms with Gasteiger partial charge in [0.05, 0.1) is 11.4 Å². The number of hydrogen-bond acceptors (Lipinski definition) is 3. The zero-order valence-electron chi connectivity index (χ0n) is 14.9. The molecule has 0 saturated heterocycles. The van der Waals surface area contributed by atoms with Crippen LogP contribution in [0.15, 0.2) is 30.3 Å². The third kappa shape index (κ3) is 3.54. The highest BCUT2D eigenvalue weighted by Gasteiger charge is 2.23. The van der Waals surface area contributed by atoms with Crippen molar-refractivity contribution in [3.8, 4) is 0 Å². The third-order valence-corrected chi connectivity index (χ3v) is 6.52. The van der Waals surface area contributed by atoms with Crippen LogP contribution in [0.3, 0.4) is 0 Å². The van der Waals surface area contributed by atoms with Crippen LogP contribution in [0.2, 0.25) is 0 Å². The van der Waals surface area contributed by atoms with Crippen LogP contribution in [0, 0.1) is 0 Å². The second kappa shape index (κ2) is 7.62.